The van der Waals surface area contributed by atoms with Gasteiger partial charge in [0.05, 0.1) is 22.3 Å². The van der Waals surface area contributed by atoms with Crippen LogP contribution in [0.4, 0.5) is 0 Å². The molecule has 0 bridgehead atoms. The predicted octanol–water partition coefficient (Wildman–Crippen LogP) is 3.01. The summed E-state index contributed by atoms with van der Waals surface area (Å²) in [5.74, 6) is -0.757. The van der Waals surface area contributed by atoms with Crippen LogP contribution in [-0.2, 0) is 21.4 Å². The maximum absolute atomic E-state index is 12.7. The van der Waals surface area contributed by atoms with Gasteiger partial charge in [0, 0.05) is 6.20 Å². The van der Waals surface area contributed by atoms with Crippen LogP contribution in [-0.4, -0.2) is 25.4 Å². The van der Waals surface area contributed by atoms with Crippen molar-refractivity contribution in [1.29, 1.82) is 0 Å². The van der Waals surface area contributed by atoms with Crippen LogP contribution >= 0.6 is 23.2 Å². The highest BCUT2D eigenvalue weighted by Crippen LogP contribution is 2.29. The van der Waals surface area contributed by atoms with Crippen LogP contribution in [0.3, 0.4) is 0 Å². The van der Waals surface area contributed by atoms with E-state index in [4.69, 9.17) is 23.2 Å². The molecule has 2 aromatic rings. The molecular formula is C17H19Cl2N3O3S. The summed E-state index contributed by atoms with van der Waals surface area (Å²) in [6.45, 7) is 3.67. The third-order valence-electron chi connectivity index (χ3n) is 3.59. The smallest absolute Gasteiger partial charge is 0.244 e. The van der Waals surface area contributed by atoms with Gasteiger partial charge in [0.15, 0.2) is 0 Å². The highest BCUT2D eigenvalue weighted by atomic mass is 35.5. The fraction of sp³-hybridized carbons (Fsp3) is 0.294. The molecule has 0 spiro atoms. The van der Waals surface area contributed by atoms with Gasteiger partial charge in [0.2, 0.25) is 15.9 Å². The van der Waals surface area contributed by atoms with Gasteiger partial charge in [-0.1, -0.05) is 49.2 Å². The van der Waals surface area contributed by atoms with Crippen molar-refractivity contribution in [1.82, 2.24) is 15.0 Å². The lowest BCUT2D eigenvalue weighted by molar-refractivity contribution is -0.123. The maximum Gasteiger partial charge on any atom is 0.244 e. The molecule has 0 aliphatic carbocycles. The molecular weight excluding hydrogens is 397 g/mol. The van der Waals surface area contributed by atoms with Gasteiger partial charge in [-0.25, -0.2) is 8.42 Å². The van der Waals surface area contributed by atoms with E-state index in [2.05, 4.69) is 15.0 Å². The van der Waals surface area contributed by atoms with E-state index in [1.165, 1.54) is 12.1 Å². The quantitative estimate of drug-likeness (QED) is 0.727. The summed E-state index contributed by atoms with van der Waals surface area (Å²) >= 11 is 12.0. The summed E-state index contributed by atoms with van der Waals surface area (Å²) in [4.78, 5) is 16.4. The van der Waals surface area contributed by atoms with Gasteiger partial charge in [-0.3, -0.25) is 9.78 Å². The Hall–Kier alpha value is -1.67. The fourth-order valence-corrected chi connectivity index (χ4v) is 4.74. The van der Waals surface area contributed by atoms with Crippen molar-refractivity contribution in [3.63, 3.8) is 0 Å². The lowest BCUT2D eigenvalue weighted by Crippen LogP contribution is -2.49. The molecule has 1 aromatic carbocycles. The third-order valence-corrected chi connectivity index (χ3v) is 5.98. The average Bonchev–Trinajstić information content (AvgIpc) is 2.58. The summed E-state index contributed by atoms with van der Waals surface area (Å²) in [7, 11) is -4.08. The van der Waals surface area contributed by atoms with Gasteiger partial charge in [-0.05, 0) is 30.2 Å². The third kappa shape index (κ3) is 5.17. The Morgan fingerprint density at radius 1 is 1.12 bits per heavy atom. The van der Waals surface area contributed by atoms with Crippen LogP contribution in [0, 0.1) is 5.92 Å². The zero-order chi connectivity index (χ0) is 19.3. The van der Waals surface area contributed by atoms with E-state index in [-0.39, 0.29) is 27.4 Å². The number of rotatable bonds is 7. The largest absolute Gasteiger partial charge is 0.349 e. The van der Waals surface area contributed by atoms with Gasteiger partial charge in [-0.2, -0.15) is 4.72 Å². The van der Waals surface area contributed by atoms with Crippen molar-refractivity contribution in [2.45, 2.75) is 31.3 Å². The van der Waals surface area contributed by atoms with Crippen molar-refractivity contribution in [2.24, 2.45) is 5.92 Å². The van der Waals surface area contributed by atoms with Crippen LogP contribution < -0.4 is 10.0 Å². The molecule has 0 saturated carbocycles. The number of sulfonamides is 1. The van der Waals surface area contributed by atoms with Crippen molar-refractivity contribution in [2.75, 3.05) is 0 Å². The molecule has 0 radical (unpaired) electrons. The summed E-state index contributed by atoms with van der Waals surface area (Å²) < 4.78 is 27.8. The van der Waals surface area contributed by atoms with Gasteiger partial charge in [-0.15, -0.1) is 0 Å². The topological polar surface area (TPSA) is 88.2 Å². The molecule has 0 aliphatic heterocycles. The summed E-state index contributed by atoms with van der Waals surface area (Å²) in [6, 6.07) is 8.74. The van der Waals surface area contributed by atoms with Crippen molar-refractivity contribution >= 4 is 39.1 Å². The van der Waals surface area contributed by atoms with E-state index in [0.29, 0.717) is 5.69 Å². The summed E-state index contributed by atoms with van der Waals surface area (Å²) in [5.41, 5.74) is 0.667. The van der Waals surface area contributed by atoms with Gasteiger partial charge < -0.3 is 5.32 Å². The number of nitrogens with zero attached hydrogens (tertiary/aromatic N) is 1. The first-order valence-electron chi connectivity index (χ1n) is 7.86. The Labute approximate surface area is 163 Å². The van der Waals surface area contributed by atoms with Crippen LogP contribution in [0.25, 0.3) is 0 Å². The molecule has 1 unspecified atom stereocenters. The number of aromatic nitrogens is 1. The Balaban J connectivity index is 2.18. The number of benzene rings is 1. The number of hydrogen-bond acceptors (Lipinski definition) is 4. The van der Waals surface area contributed by atoms with E-state index in [1.54, 1.807) is 44.3 Å². The normalized spacial score (nSPS) is 12.8. The number of hydrogen-bond donors (Lipinski definition) is 2. The van der Waals surface area contributed by atoms with Gasteiger partial charge in [0.1, 0.15) is 10.9 Å². The molecule has 0 saturated heterocycles. The molecule has 26 heavy (non-hydrogen) atoms. The van der Waals surface area contributed by atoms with Crippen LogP contribution in [0.1, 0.15) is 19.5 Å². The van der Waals surface area contributed by atoms with Gasteiger partial charge in [0.25, 0.3) is 0 Å². The predicted molar refractivity (Wildman–Crippen MR) is 101 cm³/mol. The SMILES string of the molecule is CC(C)C(NS(=O)(=O)c1c(Cl)cccc1Cl)C(=O)NCc1ccccn1. The Bertz CT molecular complexity index is 854. The number of carbonyl (C=O) groups excluding carboxylic acids is 1. The van der Waals surface area contributed by atoms with Gasteiger partial charge >= 0.3 is 0 Å². The Morgan fingerprint density at radius 2 is 1.77 bits per heavy atom. The average molecular weight is 416 g/mol. The van der Waals surface area contributed by atoms with E-state index >= 15 is 0 Å². The monoisotopic (exact) mass is 415 g/mol. The number of nitrogens with one attached hydrogen (secondary N) is 2. The van der Waals surface area contributed by atoms with E-state index in [1.807, 2.05) is 0 Å². The fourth-order valence-electron chi connectivity index (χ4n) is 2.25. The number of amides is 1. The second kappa shape index (κ2) is 8.81. The van der Waals surface area contributed by atoms with Crippen molar-refractivity contribution in [3.05, 3.63) is 58.3 Å². The second-order valence-corrected chi connectivity index (χ2v) is 8.40. The molecule has 0 fully saturated rings. The lowest BCUT2D eigenvalue weighted by Gasteiger charge is -2.22. The summed E-state index contributed by atoms with van der Waals surface area (Å²) in [6.07, 6.45) is 1.61. The number of pyridine rings is 1. The minimum absolute atomic E-state index is 0.0126. The molecule has 9 heteroatoms. The minimum Gasteiger partial charge on any atom is -0.349 e. The Morgan fingerprint density at radius 3 is 2.31 bits per heavy atom. The summed E-state index contributed by atoms with van der Waals surface area (Å²) in [5, 5.41) is 2.66. The molecule has 2 N–H and O–H groups in total. The molecule has 0 aliphatic rings. The first kappa shape index (κ1) is 20.6. The highest BCUT2D eigenvalue weighted by Gasteiger charge is 2.30. The molecule has 6 nitrogen and oxygen atoms in total. The highest BCUT2D eigenvalue weighted by molar-refractivity contribution is 7.89. The van der Waals surface area contributed by atoms with Crippen LogP contribution in [0.5, 0.6) is 0 Å². The molecule has 1 aromatic heterocycles. The first-order chi connectivity index (χ1) is 12.2. The number of halogens is 2. The van der Waals surface area contributed by atoms with Crippen LogP contribution in [0.2, 0.25) is 10.0 Å². The van der Waals surface area contributed by atoms with E-state index < -0.39 is 22.0 Å². The molecule has 1 amide bonds. The standard InChI is InChI=1S/C17H19Cl2N3O3S/c1-11(2)15(17(23)21-10-12-6-3-4-9-20-12)22-26(24,25)16-13(18)7-5-8-14(16)19/h3-9,11,15,22H,10H2,1-2H3,(H,21,23). The second-order valence-electron chi connectivity index (χ2n) is 5.93. The van der Waals surface area contributed by atoms with Crippen molar-refractivity contribution < 1.29 is 13.2 Å². The van der Waals surface area contributed by atoms with Crippen molar-refractivity contribution in [3.8, 4) is 0 Å². The molecule has 2 rings (SSSR count). The maximum atomic E-state index is 12.7. The van der Waals surface area contributed by atoms with Crippen LogP contribution in [0.15, 0.2) is 47.5 Å². The minimum atomic E-state index is -4.08. The van der Waals surface area contributed by atoms with E-state index in [9.17, 15) is 13.2 Å². The lowest BCUT2D eigenvalue weighted by atomic mass is 10.1. The molecule has 140 valence electrons. The molecule has 1 heterocycles. The zero-order valence-corrected chi connectivity index (χ0v) is 16.6. The van der Waals surface area contributed by atoms with E-state index in [0.717, 1.165) is 0 Å². The molecule has 1 atom stereocenters. The number of carbonyl (C=O) groups is 1. The first-order valence-corrected chi connectivity index (χ1v) is 10.1. The zero-order valence-electron chi connectivity index (χ0n) is 14.2. The Kier molecular flexibility index (Phi) is 7.00.